The second-order valence-electron chi connectivity index (χ2n) is 7.24. The molecule has 0 spiro atoms. The summed E-state index contributed by atoms with van der Waals surface area (Å²) in [6.07, 6.45) is 8.96. The highest BCUT2D eigenvalue weighted by atomic mass is 35.5. The Labute approximate surface area is 180 Å². The second kappa shape index (κ2) is 9.50. The lowest BCUT2D eigenvalue weighted by Gasteiger charge is -2.30. The van der Waals surface area contributed by atoms with E-state index in [9.17, 15) is 4.79 Å². The summed E-state index contributed by atoms with van der Waals surface area (Å²) in [5.41, 5.74) is 2.10. The third-order valence-corrected chi connectivity index (χ3v) is 6.22. The molecule has 154 valence electrons. The van der Waals surface area contributed by atoms with Crippen molar-refractivity contribution in [1.29, 1.82) is 0 Å². The van der Waals surface area contributed by atoms with Crippen LogP contribution in [0.4, 0.5) is 5.95 Å². The van der Waals surface area contributed by atoms with Crippen molar-refractivity contribution >= 4 is 34.8 Å². The molecule has 1 aliphatic carbocycles. The summed E-state index contributed by atoms with van der Waals surface area (Å²) in [6, 6.07) is 0.288. The fraction of sp³-hybridized carbons (Fsp3) is 0.429. The SMILES string of the molecule is C=C(/C=C\C)C(=O)NC1CCCC(Nc2ncc(Cl)c(-c3sc(C)nc3C)n2)C1. The first kappa shape index (κ1) is 21.5. The fourth-order valence-corrected chi connectivity index (χ4v) is 4.70. The predicted octanol–water partition coefficient (Wildman–Crippen LogP) is 4.84. The van der Waals surface area contributed by atoms with Gasteiger partial charge in [-0.3, -0.25) is 4.79 Å². The Morgan fingerprint density at radius 3 is 2.76 bits per heavy atom. The lowest BCUT2D eigenvalue weighted by atomic mass is 9.91. The minimum atomic E-state index is -0.116. The van der Waals surface area contributed by atoms with Crippen LogP contribution in [0, 0.1) is 13.8 Å². The first-order valence-corrected chi connectivity index (χ1v) is 10.9. The van der Waals surface area contributed by atoms with E-state index in [-0.39, 0.29) is 18.0 Å². The van der Waals surface area contributed by atoms with Gasteiger partial charge in [0.15, 0.2) is 0 Å². The van der Waals surface area contributed by atoms with Gasteiger partial charge in [0.05, 0.1) is 26.8 Å². The smallest absolute Gasteiger partial charge is 0.250 e. The van der Waals surface area contributed by atoms with Crippen LogP contribution in [0.1, 0.15) is 43.3 Å². The molecule has 0 saturated heterocycles. The normalized spacial score (nSPS) is 19.3. The lowest BCUT2D eigenvalue weighted by molar-refractivity contribution is -0.118. The molecule has 2 unspecified atom stereocenters. The average molecular weight is 432 g/mol. The van der Waals surface area contributed by atoms with E-state index < -0.39 is 0 Å². The molecule has 1 saturated carbocycles. The first-order valence-electron chi connectivity index (χ1n) is 9.73. The zero-order valence-electron chi connectivity index (χ0n) is 17.0. The maximum absolute atomic E-state index is 12.2. The number of thiazole rings is 1. The van der Waals surface area contributed by atoms with E-state index in [0.29, 0.717) is 22.2 Å². The topological polar surface area (TPSA) is 79.8 Å². The monoisotopic (exact) mass is 431 g/mol. The number of hydrogen-bond acceptors (Lipinski definition) is 6. The summed E-state index contributed by atoms with van der Waals surface area (Å²) in [5.74, 6) is 0.431. The molecule has 29 heavy (non-hydrogen) atoms. The van der Waals surface area contributed by atoms with Gasteiger partial charge in [-0.2, -0.15) is 0 Å². The summed E-state index contributed by atoms with van der Waals surface area (Å²) in [5, 5.41) is 7.99. The molecule has 2 heterocycles. The Morgan fingerprint density at radius 1 is 1.31 bits per heavy atom. The minimum Gasteiger partial charge on any atom is -0.351 e. The summed E-state index contributed by atoms with van der Waals surface area (Å²) < 4.78 is 0. The number of aryl methyl sites for hydroxylation is 2. The number of amides is 1. The molecular formula is C21H26ClN5OS. The van der Waals surface area contributed by atoms with E-state index in [4.69, 9.17) is 11.6 Å². The van der Waals surface area contributed by atoms with Gasteiger partial charge >= 0.3 is 0 Å². The molecule has 2 atom stereocenters. The van der Waals surface area contributed by atoms with Crippen molar-refractivity contribution in [2.24, 2.45) is 0 Å². The highest BCUT2D eigenvalue weighted by Gasteiger charge is 2.24. The van der Waals surface area contributed by atoms with Crippen molar-refractivity contribution in [3.63, 3.8) is 0 Å². The van der Waals surface area contributed by atoms with Crippen LogP contribution in [0.2, 0.25) is 5.02 Å². The van der Waals surface area contributed by atoms with Crippen LogP contribution in [0.25, 0.3) is 10.6 Å². The van der Waals surface area contributed by atoms with Gasteiger partial charge in [-0.1, -0.05) is 30.3 Å². The molecule has 1 aliphatic rings. The maximum Gasteiger partial charge on any atom is 0.250 e. The Kier molecular flexibility index (Phi) is 7.03. The van der Waals surface area contributed by atoms with Crippen molar-refractivity contribution in [3.05, 3.63) is 46.2 Å². The van der Waals surface area contributed by atoms with E-state index in [1.807, 2.05) is 26.8 Å². The van der Waals surface area contributed by atoms with Crippen LogP contribution in [0.5, 0.6) is 0 Å². The zero-order valence-corrected chi connectivity index (χ0v) is 18.5. The molecule has 1 amide bonds. The number of rotatable bonds is 6. The first-order chi connectivity index (χ1) is 13.9. The van der Waals surface area contributed by atoms with Gasteiger partial charge in [-0.25, -0.2) is 15.0 Å². The predicted molar refractivity (Wildman–Crippen MR) is 119 cm³/mol. The Hall–Kier alpha value is -2.25. The Balaban J connectivity index is 1.68. The number of hydrogen-bond donors (Lipinski definition) is 2. The number of carbonyl (C=O) groups excluding carboxylic acids is 1. The number of aromatic nitrogens is 3. The minimum absolute atomic E-state index is 0.105. The van der Waals surface area contributed by atoms with Gasteiger partial charge in [0.25, 0.3) is 5.91 Å². The van der Waals surface area contributed by atoms with Crippen molar-refractivity contribution in [3.8, 4) is 10.6 Å². The quantitative estimate of drug-likeness (QED) is 0.505. The summed E-state index contributed by atoms with van der Waals surface area (Å²) in [4.78, 5) is 26.7. The number of halogens is 1. The van der Waals surface area contributed by atoms with Gasteiger partial charge in [-0.15, -0.1) is 11.3 Å². The number of anilines is 1. The van der Waals surface area contributed by atoms with Gasteiger partial charge in [0.2, 0.25) is 5.95 Å². The number of carbonyl (C=O) groups is 1. The van der Waals surface area contributed by atoms with Gasteiger partial charge < -0.3 is 10.6 Å². The molecule has 0 aliphatic heterocycles. The molecule has 1 fully saturated rings. The van der Waals surface area contributed by atoms with Crippen LogP contribution in [0.3, 0.4) is 0 Å². The summed E-state index contributed by atoms with van der Waals surface area (Å²) in [6.45, 7) is 9.60. The third-order valence-electron chi connectivity index (χ3n) is 4.86. The summed E-state index contributed by atoms with van der Waals surface area (Å²) in [7, 11) is 0. The van der Waals surface area contributed by atoms with Gasteiger partial charge in [-0.05, 0) is 46.5 Å². The van der Waals surface area contributed by atoms with Crippen LogP contribution >= 0.6 is 22.9 Å². The second-order valence-corrected chi connectivity index (χ2v) is 8.85. The van der Waals surface area contributed by atoms with Crippen LogP contribution < -0.4 is 10.6 Å². The summed E-state index contributed by atoms with van der Waals surface area (Å²) >= 11 is 7.93. The number of allylic oxidation sites excluding steroid dienone is 1. The van der Waals surface area contributed by atoms with E-state index >= 15 is 0 Å². The molecule has 0 aromatic carbocycles. The van der Waals surface area contributed by atoms with Crippen molar-refractivity contribution in [2.45, 2.75) is 58.5 Å². The third kappa shape index (κ3) is 5.42. The molecule has 6 nitrogen and oxygen atoms in total. The zero-order chi connectivity index (χ0) is 21.0. The van der Waals surface area contributed by atoms with Crippen molar-refractivity contribution < 1.29 is 4.79 Å². The van der Waals surface area contributed by atoms with Crippen LogP contribution in [0.15, 0.2) is 30.5 Å². The van der Waals surface area contributed by atoms with Gasteiger partial charge in [0, 0.05) is 17.7 Å². The molecule has 0 radical (unpaired) electrons. The molecular weight excluding hydrogens is 406 g/mol. The van der Waals surface area contributed by atoms with E-state index in [0.717, 1.165) is 41.3 Å². The standard InChI is InChI=1S/C21H26ClN5OS/c1-5-7-12(2)20(28)25-15-8-6-9-16(10-15)26-21-23-11-17(22)18(27-21)19-13(3)24-14(4)29-19/h5,7,11,15-16H,2,6,8-10H2,1,3-4H3,(H,25,28)(H,23,26,27)/b7-5-. The molecule has 8 heteroatoms. The van der Waals surface area contributed by atoms with Crippen LogP contribution in [-0.2, 0) is 4.79 Å². The molecule has 2 aromatic rings. The number of nitrogens with one attached hydrogen (secondary N) is 2. The highest BCUT2D eigenvalue weighted by Crippen LogP contribution is 2.33. The fourth-order valence-electron chi connectivity index (χ4n) is 3.54. The maximum atomic E-state index is 12.2. The van der Waals surface area contributed by atoms with Crippen LogP contribution in [-0.4, -0.2) is 32.9 Å². The largest absolute Gasteiger partial charge is 0.351 e. The highest BCUT2D eigenvalue weighted by molar-refractivity contribution is 7.15. The molecule has 2 aromatic heterocycles. The molecule has 3 rings (SSSR count). The van der Waals surface area contributed by atoms with Crippen molar-refractivity contribution in [2.75, 3.05) is 5.32 Å². The molecule has 0 bridgehead atoms. The Bertz CT molecular complexity index is 939. The van der Waals surface area contributed by atoms with Gasteiger partial charge in [0.1, 0.15) is 5.69 Å². The van der Waals surface area contributed by atoms with E-state index in [1.54, 1.807) is 23.6 Å². The number of nitrogens with zero attached hydrogens (tertiary/aromatic N) is 3. The molecule has 2 N–H and O–H groups in total. The lowest BCUT2D eigenvalue weighted by Crippen LogP contribution is -2.42. The van der Waals surface area contributed by atoms with E-state index in [2.05, 4.69) is 32.2 Å². The average Bonchev–Trinajstić information content (AvgIpc) is 3.01. The van der Waals surface area contributed by atoms with Crippen molar-refractivity contribution in [1.82, 2.24) is 20.3 Å². The Morgan fingerprint density at radius 2 is 2.07 bits per heavy atom. The van der Waals surface area contributed by atoms with E-state index in [1.165, 1.54) is 0 Å².